The Bertz CT molecular complexity index is 751. The minimum absolute atomic E-state index is 0.00313. The summed E-state index contributed by atoms with van der Waals surface area (Å²) in [6.07, 6.45) is -0.00313. The predicted octanol–water partition coefficient (Wildman–Crippen LogP) is 2.92. The molecule has 0 bridgehead atoms. The number of anilines is 1. The van der Waals surface area contributed by atoms with Crippen LogP contribution >= 0.6 is 0 Å². The first kappa shape index (κ1) is 17.1. The van der Waals surface area contributed by atoms with Gasteiger partial charge in [-0.1, -0.05) is 0 Å². The number of carbonyl (C=O) groups excluding carboxylic acids is 1. The predicted molar refractivity (Wildman–Crippen MR) is 96.1 cm³/mol. The quantitative estimate of drug-likeness (QED) is 0.516. The molecule has 0 amide bonds. The van der Waals surface area contributed by atoms with Gasteiger partial charge in [0.1, 0.15) is 11.7 Å². The summed E-state index contributed by atoms with van der Waals surface area (Å²) in [6, 6.07) is 13.1. The van der Waals surface area contributed by atoms with Crippen LogP contribution in [0.3, 0.4) is 0 Å². The van der Waals surface area contributed by atoms with Gasteiger partial charge in [-0.2, -0.15) is 0 Å². The third-order valence-corrected chi connectivity index (χ3v) is 4.01. The fourth-order valence-corrected chi connectivity index (χ4v) is 2.67. The molecule has 25 heavy (non-hydrogen) atoms. The van der Waals surface area contributed by atoms with Gasteiger partial charge < -0.3 is 15.4 Å². The number of nitrogens with two attached hydrogens (primary N) is 1. The average Bonchev–Trinajstić information content (AvgIpc) is 2.63. The van der Waals surface area contributed by atoms with Crippen LogP contribution in [0.4, 0.5) is 15.8 Å². The van der Waals surface area contributed by atoms with Crippen LogP contribution in [-0.2, 0) is 4.74 Å². The highest BCUT2D eigenvalue weighted by molar-refractivity contribution is 6.09. The topological polar surface area (TPSA) is 67.9 Å². The zero-order valence-corrected chi connectivity index (χ0v) is 13.8. The molecule has 2 aromatic rings. The number of nitrogens with zero attached hydrogens (tertiary/aromatic N) is 2. The number of hydrogen-bond donors (Lipinski definition) is 1. The van der Waals surface area contributed by atoms with Crippen molar-refractivity contribution in [2.24, 2.45) is 10.7 Å². The lowest BCUT2D eigenvalue weighted by Crippen LogP contribution is -2.36. The van der Waals surface area contributed by atoms with Gasteiger partial charge in [-0.3, -0.25) is 4.79 Å². The molecule has 1 saturated heterocycles. The summed E-state index contributed by atoms with van der Waals surface area (Å²) >= 11 is 0. The molecule has 3 rings (SSSR count). The summed E-state index contributed by atoms with van der Waals surface area (Å²) < 4.78 is 18.2. The fraction of sp³-hybridized carbons (Fsp3) is 0.263. The summed E-state index contributed by atoms with van der Waals surface area (Å²) in [5, 5.41) is 0. The van der Waals surface area contributed by atoms with Crippen LogP contribution in [0.1, 0.15) is 16.8 Å². The lowest BCUT2D eigenvalue weighted by Gasteiger charge is -2.28. The Morgan fingerprint density at radius 1 is 1.08 bits per heavy atom. The molecule has 6 heteroatoms. The second-order valence-corrected chi connectivity index (χ2v) is 5.83. The van der Waals surface area contributed by atoms with E-state index < -0.39 is 0 Å². The molecule has 0 atom stereocenters. The van der Waals surface area contributed by atoms with Crippen molar-refractivity contribution in [3.63, 3.8) is 0 Å². The van der Waals surface area contributed by atoms with Gasteiger partial charge in [0.25, 0.3) is 0 Å². The van der Waals surface area contributed by atoms with E-state index in [-0.39, 0.29) is 23.9 Å². The fourth-order valence-electron chi connectivity index (χ4n) is 2.67. The van der Waals surface area contributed by atoms with Crippen LogP contribution < -0.4 is 10.6 Å². The van der Waals surface area contributed by atoms with Gasteiger partial charge >= 0.3 is 0 Å². The maximum atomic E-state index is 12.9. The highest BCUT2D eigenvalue weighted by atomic mass is 19.1. The van der Waals surface area contributed by atoms with Crippen LogP contribution in [0.5, 0.6) is 0 Å². The number of halogens is 1. The summed E-state index contributed by atoms with van der Waals surface area (Å²) in [4.78, 5) is 18.6. The van der Waals surface area contributed by atoms with Crippen molar-refractivity contribution in [1.29, 1.82) is 0 Å². The molecule has 0 unspecified atom stereocenters. The molecule has 1 aliphatic rings. The van der Waals surface area contributed by atoms with Gasteiger partial charge in [0.05, 0.1) is 25.3 Å². The molecule has 2 aromatic carbocycles. The molecule has 0 saturated carbocycles. The zero-order valence-electron chi connectivity index (χ0n) is 13.8. The van der Waals surface area contributed by atoms with Crippen molar-refractivity contribution < 1.29 is 13.9 Å². The summed E-state index contributed by atoms with van der Waals surface area (Å²) in [5.41, 5.74) is 8.11. The number of ether oxygens (including phenoxy) is 1. The second kappa shape index (κ2) is 7.90. The van der Waals surface area contributed by atoms with Crippen molar-refractivity contribution in [2.45, 2.75) is 6.42 Å². The van der Waals surface area contributed by atoms with Gasteiger partial charge in [-0.15, -0.1) is 0 Å². The molecule has 0 aliphatic carbocycles. The van der Waals surface area contributed by atoms with E-state index >= 15 is 0 Å². The molecular weight excluding hydrogens is 321 g/mol. The Morgan fingerprint density at radius 2 is 1.72 bits per heavy atom. The van der Waals surface area contributed by atoms with Crippen LogP contribution in [0, 0.1) is 5.82 Å². The Hall–Kier alpha value is -2.73. The third kappa shape index (κ3) is 4.64. The first-order valence-corrected chi connectivity index (χ1v) is 8.16. The number of amidine groups is 1. The molecule has 1 aliphatic heterocycles. The molecular formula is C19H20FN3O2. The third-order valence-electron chi connectivity index (χ3n) is 4.01. The average molecular weight is 341 g/mol. The number of carbonyl (C=O) groups is 1. The van der Waals surface area contributed by atoms with E-state index in [1.54, 1.807) is 0 Å². The Kier molecular flexibility index (Phi) is 5.40. The van der Waals surface area contributed by atoms with E-state index in [1.807, 2.05) is 24.3 Å². The van der Waals surface area contributed by atoms with Gasteiger partial charge in [0.15, 0.2) is 5.78 Å². The van der Waals surface area contributed by atoms with Gasteiger partial charge in [0.2, 0.25) is 0 Å². The maximum absolute atomic E-state index is 12.9. The highest BCUT2D eigenvalue weighted by Crippen LogP contribution is 2.21. The Labute approximate surface area is 145 Å². The van der Waals surface area contributed by atoms with Crippen LogP contribution in [0.2, 0.25) is 0 Å². The molecule has 0 spiro atoms. The molecule has 130 valence electrons. The molecule has 5 nitrogen and oxygen atoms in total. The Balaban J connectivity index is 1.63. The standard InChI is InChI=1S/C19H20FN3O2/c20-15-3-1-14(2-4-15)18(24)13-19(21)22-16-5-7-17(8-6-16)23-9-11-25-12-10-23/h1-8H,9-13H2,(H2,21,22). The molecule has 0 radical (unpaired) electrons. The van der Waals surface area contributed by atoms with E-state index in [0.29, 0.717) is 11.3 Å². The normalized spacial score (nSPS) is 15.2. The first-order chi connectivity index (χ1) is 12.1. The van der Waals surface area contributed by atoms with Gasteiger partial charge in [-0.05, 0) is 48.5 Å². The lowest BCUT2D eigenvalue weighted by atomic mass is 10.1. The number of morpholine rings is 1. The van der Waals surface area contributed by atoms with E-state index in [0.717, 1.165) is 32.0 Å². The monoisotopic (exact) mass is 341 g/mol. The van der Waals surface area contributed by atoms with Crippen LogP contribution in [0.25, 0.3) is 0 Å². The number of benzene rings is 2. The summed E-state index contributed by atoms with van der Waals surface area (Å²) in [6.45, 7) is 3.21. The minimum Gasteiger partial charge on any atom is -0.387 e. The molecule has 2 N–H and O–H groups in total. The number of rotatable bonds is 5. The summed E-state index contributed by atoms with van der Waals surface area (Å²) in [5.74, 6) is -0.335. The minimum atomic E-state index is -0.376. The molecule has 0 aromatic heterocycles. The SMILES string of the molecule is NC(CC(=O)c1ccc(F)cc1)=Nc1ccc(N2CCOCC2)cc1. The maximum Gasteiger partial charge on any atom is 0.170 e. The number of ketones is 1. The lowest BCUT2D eigenvalue weighted by molar-refractivity contribution is 0.100. The number of hydrogen-bond acceptors (Lipinski definition) is 4. The summed E-state index contributed by atoms with van der Waals surface area (Å²) in [7, 11) is 0. The largest absolute Gasteiger partial charge is 0.387 e. The van der Waals surface area contributed by atoms with E-state index in [9.17, 15) is 9.18 Å². The second-order valence-electron chi connectivity index (χ2n) is 5.83. The zero-order chi connectivity index (χ0) is 17.6. The van der Waals surface area contributed by atoms with Gasteiger partial charge in [-0.25, -0.2) is 9.38 Å². The number of Topliss-reactive ketones (excluding diaryl/α,β-unsaturated/α-hetero) is 1. The van der Waals surface area contributed by atoms with Crippen molar-refractivity contribution in [2.75, 3.05) is 31.2 Å². The van der Waals surface area contributed by atoms with Crippen molar-refractivity contribution >= 4 is 23.0 Å². The van der Waals surface area contributed by atoms with E-state index in [2.05, 4.69) is 9.89 Å². The van der Waals surface area contributed by atoms with E-state index in [4.69, 9.17) is 10.5 Å². The van der Waals surface area contributed by atoms with E-state index in [1.165, 1.54) is 24.3 Å². The van der Waals surface area contributed by atoms with Gasteiger partial charge in [0, 0.05) is 24.3 Å². The number of aliphatic imine (C=N–C) groups is 1. The van der Waals surface area contributed by atoms with Crippen molar-refractivity contribution in [3.05, 3.63) is 59.9 Å². The van der Waals surface area contributed by atoms with Crippen LogP contribution in [-0.4, -0.2) is 37.9 Å². The molecule has 1 fully saturated rings. The van der Waals surface area contributed by atoms with Crippen LogP contribution in [0.15, 0.2) is 53.5 Å². The first-order valence-electron chi connectivity index (χ1n) is 8.16. The molecule has 1 heterocycles. The smallest absolute Gasteiger partial charge is 0.170 e. The van der Waals surface area contributed by atoms with Crippen molar-refractivity contribution in [1.82, 2.24) is 0 Å². The van der Waals surface area contributed by atoms with Crippen molar-refractivity contribution in [3.8, 4) is 0 Å². The highest BCUT2D eigenvalue weighted by Gasteiger charge is 2.11. The Morgan fingerprint density at radius 3 is 2.36 bits per heavy atom.